The van der Waals surface area contributed by atoms with Gasteiger partial charge in [0.1, 0.15) is 5.82 Å². The van der Waals surface area contributed by atoms with Gasteiger partial charge in [0, 0.05) is 17.2 Å². The Balaban J connectivity index is 1.80. The van der Waals surface area contributed by atoms with Gasteiger partial charge in [0.05, 0.1) is 29.7 Å². The van der Waals surface area contributed by atoms with Crippen LogP contribution in [0.15, 0.2) is 72.8 Å². The zero-order valence-electron chi connectivity index (χ0n) is 19.8. The number of nitrogens with one attached hydrogen (secondary N) is 2. The molecule has 7 nitrogen and oxygen atoms in total. The molecule has 0 aliphatic carbocycles. The molecule has 3 aromatic rings. The fraction of sp³-hybridized carbons (Fsp3) is 0.231. The molecule has 2 amide bonds. The van der Waals surface area contributed by atoms with Gasteiger partial charge in [0.2, 0.25) is 10.0 Å². The van der Waals surface area contributed by atoms with Gasteiger partial charge in [-0.25, -0.2) is 12.8 Å². The number of anilines is 2. The number of nitrogens with zero attached hydrogens (tertiary/aromatic N) is 1. The van der Waals surface area contributed by atoms with E-state index in [0.717, 1.165) is 17.0 Å². The Morgan fingerprint density at radius 3 is 2.20 bits per heavy atom. The minimum atomic E-state index is -3.72. The largest absolute Gasteiger partial charge is 0.350 e. The molecule has 0 aliphatic heterocycles. The molecule has 0 fully saturated rings. The van der Waals surface area contributed by atoms with Gasteiger partial charge < -0.3 is 10.6 Å². The summed E-state index contributed by atoms with van der Waals surface area (Å²) in [5.74, 6) is -1.25. The minimum Gasteiger partial charge on any atom is -0.350 e. The molecule has 3 rings (SSSR count). The van der Waals surface area contributed by atoms with Crippen LogP contribution in [0.3, 0.4) is 0 Å². The molecule has 0 spiro atoms. The average molecular weight is 498 g/mol. The summed E-state index contributed by atoms with van der Waals surface area (Å²) in [6.07, 6.45) is 1.81. The van der Waals surface area contributed by atoms with Crippen molar-refractivity contribution in [3.8, 4) is 0 Å². The predicted molar refractivity (Wildman–Crippen MR) is 135 cm³/mol. The second kappa shape index (κ2) is 11.1. The summed E-state index contributed by atoms with van der Waals surface area (Å²) in [6.45, 7) is 3.67. The zero-order valence-corrected chi connectivity index (χ0v) is 20.6. The Morgan fingerprint density at radius 1 is 0.943 bits per heavy atom. The van der Waals surface area contributed by atoms with Crippen LogP contribution in [0.25, 0.3) is 0 Å². The normalized spacial score (nSPS) is 12.0. The summed E-state index contributed by atoms with van der Waals surface area (Å²) in [5.41, 5.74) is 1.49. The first-order valence-corrected chi connectivity index (χ1v) is 13.0. The van der Waals surface area contributed by atoms with E-state index in [1.165, 1.54) is 42.5 Å². The van der Waals surface area contributed by atoms with Crippen molar-refractivity contribution in [1.29, 1.82) is 0 Å². The highest BCUT2D eigenvalue weighted by atomic mass is 32.2. The molecule has 0 saturated heterocycles. The average Bonchev–Trinajstić information content (AvgIpc) is 2.83. The number of hydrogen-bond acceptors (Lipinski definition) is 4. The number of sulfonamides is 1. The van der Waals surface area contributed by atoms with Crippen molar-refractivity contribution in [2.45, 2.75) is 32.9 Å². The van der Waals surface area contributed by atoms with E-state index in [1.54, 1.807) is 30.3 Å². The molecule has 0 heterocycles. The van der Waals surface area contributed by atoms with Crippen LogP contribution in [0.5, 0.6) is 0 Å². The maximum Gasteiger partial charge on any atom is 0.255 e. The SMILES string of the molecule is CC[C@@H](C)NC(=O)c1ccccc1NC(=O)c1ccc(N(Cc2ccccc2F)S(C)(=O)=O)cc1. The van der Waals surface area contributed by atoms with E-state index in [4.69, 9.17) is 0 Å². The van der Waals surface area contributed by atoms with Crippen LogP contribution in [0.1, 0.15) is 46.5 Å². The van der Waals surface area contributed by atoms with Crippen LogP contribution in [0.2, 0.25) is 0 Å². The molecule has 3 aromatic carbocycles. The van der Waals surface area contributed by atoms with Crippen LogP contribution in [0, 0.1) is 5.82 Å². The molecule has 0 radical (unpaired) electrons. The molecule has 1 atom stereocenters. The van der Waals surface area contributed by atoms with Crippen molar-refractivity contribution in [2.75, 3.05) is 15.9 Å². The third-order valence-electron chi connectivity index (χ3n) is 5.50. The number of benzene rings is 3. The molecule has 184 valence electrons. The first-order valence-electron chi connectivity index (χ1n) is 11.1. The molecule has 0 saturated carbocycles. The summed E-state index contributed by atoms with van der Waals surface area (Å²) in [7, 11) is -3.72. The lowest BCUT2D eigenvalue weighted by Gasteiger charge is -2.23. The Kier molecular flexibility index (Phi) is 8.24. The number of hydrogen-bond donors (Lipinski definition) is 2. The summed E-state index contributed by atoms with van der Waals surface area (Å²) in [6, 6.07) is 18.6. The summed E-state index contributed by atoms with van der Waals surface area (Å²) < 4.78 is 40.0. The monoisotopic (exact) mass is 497 g/mol. The maximum absolute atomic E-state index is 14.1. The van der Waals surface area contributed by atoms with Gasteiger partial charge in [-0.15, -0.1) is 0 Å². The van der Waals surface area contributed by atoms with E-state index < -0.39 is 21.7 Å². The van der Waals surface area contributed by atoms with Crippen molar-refractivity contribution in [3.63, 3.8) is 0 Å². The molecule has 0 aromatic heterocycles. The summed E-state index contributed by atoms with van der Waals surface area (Å²) in [5, 5.41) is 5.62. The van der Waals surface area contributed by atoms with Crippen LogP contribution >= 0.6 is 0 Å². The van der Waals surface area contributed by atoms with Gasteiger partial charge in [0.15, 0.2) is 0 Å². The number of rotatable bonds is 9. The zero-order chi connectivity index (χ0) is 25.6. The minimum absolute atomic E-state index is 0.0130. The van der Waals surface area contributed by atoms with Gasteiger partial charge in [-0.3, -0.25) is 13.9 Å². The van der Waals surface area contributed by atoms with Crippen molar-refractivity contribution in [1.82, 2.24) is 5.32 Å². The molecule has 0 bridgehead atoms. The second-order valence-corrected chi connectivity index (χ2v) is 10.1. The van der Waals surface area contributed by atoms with Gasteiger partial charge >= 0.3 is 0 Å². The first-order chi connectivity index (χ1) is 16.6. The lowest BCUT2D eigenvalue weighted by atomic mass is 10.1. The van der Waals surface area contributed by atoms with Crippen molar-refractivity contribution < 1.29 is 22.4 Å². The summed E-state index contributed by atoms with van der Waals surface area (Å²) >= 11 is 0. The molecule has 2 N–H and O–H groups in total. The van der Waals surface area contributed by atoms with E-state index in [9.17, 15) is 22.4 Å². The van der Waals surface area contributed by atoms with E-state index in [1.807, 2.05) is 13.8 Å². The summed E-state index contributed by atoms with van der Waals surface area (Å²) in [4.78, 5) is 25.4. The smallest absolute Gasteiger partial charge is 0.255 e. The molecule has 9 heteroatoms. The molecular weight excluding hydrogens is 469 g/mol. The lowest BCUT2D eigenvalue weighted by Crippen LogP contribution is -2.32. The Bertz CT molecular complexity index is 1310. The van der Waals surface area contributed by atoms with Crippen molar-refractivity contribution in [2.24, 2.45) is 0 Å². The standard InChI is InChI=1S/C26H28FN3O4S/c1-4-18(2)28-26(32)22-10-6-8-12-24(22)29-25(31)19-13-15-21(16-14-19)30(35(3,33)34)17-20-9-5-7-11-23(20)27/h5-16,18H,4,17H2,1-3H3,(H,28,32)(H,29,31)/t18-/m1/s1. The van der Waals surface area contributed by atoms with Gasteiger partial charge in [-0.05, 0) is 55.8 Å². The third kappa shape index (κ3) is 6.66. The number of para-hydroxylation sites is 1. The Labute approximate surface area is 205 Å². The van der Waals surface area contributed by atoms with E-state index in [0.29, 0.717) is 16.9 Å². The van der Waals surface area contributed by atoms with E-state index in [2.05, 4.69) is 10.6 Å². The van der Waals surface area contributed by atoms with E-state index in [-0.39, 0.29) is 29.6 Å². The molecule has 0 unspecified atom stereocenters. The van der Waals surface area contributed by atoms with Gasteiger partial charge in [-0.1, -0.05) is 37.3 Å². The van der Waals surface area contributed by atoms with Gasteiger partial charge in [0.25, 0.3) is 11.8 Å². The highest BCUT2D eigenvalue weighted by molar-refractivity contribution is 7.92. The fourth-order valence-electron chi connectivity index (χ4n) is 3.35. The van der Waals surface area contributed by atoms with Crippen LogP contribution in [-0.2, 0) is 16.6 Å². The number of carbonyl (C=O) groups excluding carboxylic acids is 2. The van der Waals surface area contributed by atoms with Crippen LogP contribution in [-0.4, -0.2) is 32.5 Å². The highest BCUT2D eigenvalue weighted by Crippen LogP contribution is 2.23. The topological polar surface area (TPSA) is 95.6 Å². The first kappa shape index (κ1) is 25.9. The van der Waals surface area contributed by atoms with Crippen molar-refractivity contribution in [3.05, 3.63) is 95.3 Å². The molecule has 35 heavy (non-hydrogen) atoms. The number of amides is 2. The van der Waals surface area contributed by atoms with E-state index >= 15 is 0 Å². The predicted octanol–water partition coefficient (Wildman–Crippen LogP) is 4.57. The fourth-order valence-corrected chi connectivity index (χ4v) is 4.23. The quantitative estimate of drug-likeness (QED) is 0.453. The number of halogens is 1. The Morgan fingerprint density at radius 2 is 1.57 bits per heavy atom. The second-order valence-electron chi connectivity index (χ2n) is 8.19. The highest BCUT2D eigenvalue weighted by Gasteiger charge is 2.20. The number of carbonyl (C=O) groups is 2. The Hall–Kier alpha value is -3.72. The lowest BCUT2D eigenvalue weighted by molar-refractivity contribution is 0.0940. The van der Waals surface area contributed by atoms with Crippen molar-refractivity contribution >= 4 is 33.2 Å². The molecular formula is C26H28FN3O4S. The van der Waals surface area contributed by atoms with Gasteiger partial charge in [-0.2, -0.15) is 0 Å². The maximum atomic E-state index is 14.1. The van der Waals surface area contributed by atoms with Crippen LogP contribution < -0.4 is 14.9 Å². The third-order valence-corrected chi connectivity index (χ3v) is 6.64. The van der Waals surface area contributed by atoms with Crippen LogP contribution in [0.4, 0.5) is 15.8 Å². The molecule has 0 aliphatic rings.